The highest BCUT2D eigenvalue weighted by Crippen LogP contribution is 2.30. The summed E-state index contributed by atoms with van der Waals surface area (Å²) in [5, 5.41) is 21.7. The molecule has 4 rings (SSSR count). The zero-order valence-electron chi connectivity index (χ0n) is 20.3. The topological polar surface area (TPSA) is 128 Å². The molecule has 0 bridgehead atoms. The molecule has 10 heteroatoms. The summed E-state index contributed by atoms with van der Waals surface area (Å²) in [4.78, 5) is 24.7. The number of nitrogens with two attached hydrogens (primary N) is 1. The Hall–Kier alpha value is -3.05. The summed E-state index contributed by atoms with van der Waals surface area (Å²) in [5.74, 6) is 0.148. The van der Waals surface area contributed by atoms with Crippen LogP contribution >= 0.6 is 11.3 Å². The smallest absolute Gasteiger partial charge is 0.258 e. The predicted octanol–water partition coefficient (Wildman–Crippen LogP) is 3.58. The number of likely N-dealkylation sites (tertiary alicyclic amines) is 1. The number of rotatable bonds is 8. The molecule has 1 fully saturated rings. The van der Waals surface area contributed by atoms with Crippen LogP contribution in [0.5, 0.6) is 0 Å². The van der Waals surface area contributed by atoms with Gasteiger partial charge in [-0.3, -0.25) is 15.0 Å². The number of aliphatic hydroxyl groups excluding tert-OH is 1. The molecule has 6 N–H and O–H groups in total. The fourth-order valence-corrected chi connectivity index (χ4v) is 4.75. The molecule has 3 heterocycles. The minimum absolute atomic E-state index is 0.200. The van der Waals surface area contributed by atoms with Crippen molar-refractivity contribution in [1.82, 2.24) is 20.2 Å². The van der Waals surface area contributed by atoms with Crippen molar-refractivity contribution < 1.29 is 9.90 Å². The molecule has 0 aliphatic carbocycles. The van der Waals surface area contributed by atoms with E-state index in [0.29, 0.717) is 22.9 Å². The summed E-state index contributed by atoms with van der Waals surface area (Å²) >= 11 is 1.63. The summed E-state index contributed by atoms with van der Waals surface area (Å²) in [6.07, 6.45) is 4.04. The van der Waals surface area contributed by atoms with E-state index in [2.05, 4.69) is 32.8 Å². The number of amides is 1. The van der Waals surface area contributed by atoms with E-state index >= 15 is 0 Å². The first kappa shape index (κ1) is 25.1. The lowest BCUT2D eigenvalue weighted by Gasteiger charge is -2.42. The van der Waals surface area contributed by atoms with E-state index in [0.717, 1.165) is 36.4 Å². The second kappa shape index (κ2) is 10.7. The van der Waals surface area contributed by atoms with E-state index in [-0.39, 0.29) is 17.5 Å². The van der Waals surface area contributed by atoms with Crippen molar-refractivity contribution in [3.63, 3.8) is 0 Å². The van der Waals surface area contributed by atoms with Gasteiger partial charge >= 0.3 is 0 Å². The third kappa shape index (κ3) is 6.34. The Morgan fingerprint density at radius 3 is 2.54 bits per heavy atom. The van der Waals surface area contributed by atoms with E-state index in [1.165, 1.54) is 12.4 Å². The van der Waals surface area contributed by atoms with Crippen molar-refractivity contribution in [2.24, 2.45) is 0 Å². The zero-order valence-corrected chi connectivity index (χ0v) is 21.1. The second-order valence-corrected chi connectivity index (χ2v) is 10.4. The van der Waals surface area contributed by atoms with Gasteiger partial charge in [0.1, 0.15) is 0 Å². The van der Waals surface area contributed by atoms with E-state index in [9.17, 15) is 9.90 Å². The van der Waals surface area contributed by atoms with Crippen molar-refractivity contribution in [3.8, 4) is 10.4 Å². The maximum Gasteiger partial charge on any atom is 0.258 e. The summed E-state index contributed by atoms with van der Waals surface area (Å²) in [6.45, 7) is 7.64. The van der Waals surface area contributed by atoms with E-state index in [4.69, 9.17) is 5.73 Å². The molecule has 1 aromatic carbocycles. The van der Waals surface area contributed by atoms with Gasteiger partial charge in [-0.05, 0) is 62.8 Å². The molecule has 35 heavy (non-hydrogen) atoms. The summed E-state index contributed by atoms with van der Waals surface area (Å²) in [5.41, 5.74) is 8.27. The molecule has 1 aliphatic heterocycles. The summed E-state index contributed by atoms with van der Waals surface area (Å²) < 4.78 is 0. The molecule has 1 unspecified atom stereocenters. The molecule has 0 spiro atoms. The molecule has 0 saturated carbocycles. The number of nitrogens with zero attached hydrogens (tertiary/aromatic N) is 3. The number of carbonyl (C=O) groups excluding carboxylic acids is 1. The number of hydrogen-bond donors (Lipinski definition) is 5. The van der Waals surface area contributed by atoms with E-state index in [1.807, 2.05) is 48.4 Å². The molecule has 186 valence electrons. The maximum atomic E-state index is 12.8. The second-order valence-electron chi connectivity index (χ2n) is 9.45. The minimum atomic E-state index is -0.645. The van der Waals surface area contributed by atoms with Gasteiger partial charge in [-0.25, -0.2) is 9.97 Å². The van der Waals surface area contributed by atoms with Gasteiger partial charge in [-0.15, -0.1) is 11.3 Å². The monoisotopic (exact) mass is 495 g/mol. The molecule has 1 saturated heterocycles. The van der Waals surface area contributed by atoms with Gasteiger partial charge in [0.15, 0.2) is 6.35 Å². The summed E-state index contributed by atoms with van der Waals surface area (Å²) in [7, 11) is 0. The van der Waals surface area contributed by atoms with Crippen molar-refractivity contribution in [3.05, 3.63) is 53.7 Å². The number of hydrogen-bond acceptors (Lipinski definition) is 9. The van der Waals surface area contributed by atoms with Crippen LogP contribution in [-0.4, -0.2) is 56.9 Å². The van der Waals surface area contributed by atoms with Crippen LogP contribution in [0.3, 0.4) is 0 Å². The quantitative estimate of drug-likeness (QED) is 0.237. The standard InChI is InChI=1S/C25H33N7O2S/c1-16(2)29-24(34)32-10-8-25(3,9-11-32)31-23-27-14-18(15-28-23)22(33)30-20-13-17(6-7-19(20)26)21-5-4-12-35-21/h4-7,12-16,24,29,34H,8-11,26H2,1-3H3,(H,30,33)(H,27,28,31). The number of nitrogens with one attached hydrogen (secondary N) is 3. The van der Waals surface area contributed by atoms with Crippen LogP contribution in [0.4, 0.5) is 17.3 Å². The number of nitrogen functional groups attached to an aromatic ring is 1. The Balaban J connectivity index is 1.35. The van der Waals surface area contributed by atoms with E-state index < -0.39 is 6.35 Å². The van der Waals surface area contributed by atoms with Gasteiger partial charge in [-0.1, -0.05) is 12.1 Å². The predicted molar refractivity (Wildman–Crippen MR) is 141 cm³/mol. The molecular weight excluding hydrogens is 462 g/mol. The third-order valence-electron chi connectivity index (χ3n) is 6.16. The number of thiophene rings is 1. The normalized spacial score (nSPS) is 16.7. The van der Waals surface area contributed by atoms with Crippen molar-refractivity contribution >= 4 is 34.6 Å². The molecule has 0 radical (unpaired) electrons. The van der Waals surface area contributed by atoms with Crippen LogP contribution in [0.2, 0.25) is 0 Å². The van der Waals surface area contributed by atoms with Crippen molar-refractivity contribution in [2.45, 2.75) is 51.5 Å². The van der Waals surface area contributed by atoms with Crippen LogP contribution in [0.1, 0.15) is 44.0 Å². The molecule has 2 aromatic heterocycles. The molecule has 3 aromatic rings. The minimum Gasteiger partial charge on any atom is -0.397 e. The Labute approximate surface area is 209 Å². The van der Waals surface area contributed by atoms with E-state index in [1.54, 1.807) is 17.4 Å². The average molecular weight is 496 g/mol. The fourth-order valence-electron chi connectivity index (χ4n) is 4.03. The number of piperidine rings is 1. The lowest BCUT2D eigenvalue weighted by molar-refractivity contribution is -0.0444. The fraction of sp³-hybridized carbons (Fsp3) is 0.400. The molecule has 1 amide bonds. The first-order valence-corrected chi connectivity index (χ1v) is 12.6. The SMILES string of the molecule is CC(C)NC(O)N1CCC(C)(Nc2ncc(C(=O)Nc3cc(-c4cccs4)ccc3N)cn2)CC1. The van der Waals surface area contributed by atoms with Gasteiger partial charge < -0.3 is 21.5 Å². The number of benzene rings is 1. The van der Waals surface area contributed by atoms with Crippen LogP contribution < -0.4 is 21.7 Å². The largest absolute Gasteiger partial charge is 0.397 e. The van der Waals surface area contributed by atoms with Crippen LogP contribution in [0, 0.1) is 0 Å². The molecular formula is C25H33N7O2S. The van der Waals surface area contributed by atoms with Gasteiger partial charge in [0, 0.05) is 41.9 Å². The first-order chi connectivity index (χ1) is 16.7. The Morgan fingerprint density at radius 1 is 1.20 bits per heavy atom. The molecule has 9 nitrogen and oxygen atoms in total. The zero-order chi connectivity index (χ0) is 25.0. The van der Waals surface area contributed by atoms with Gasteiger partial charge in [0.2, 0.25) is 5.95 Å². The van der Waals surface area contributed by atoms with Crippen LogP contribution in [-0.2, 0) is 0 Å². The Morgan fingerprint density at radius 2 is 1.91 bits per heavy atom. The lowest BCUT2D eigenvalue weighted by atomic mass is 9.90. The highest BCUT2D eigenvalue weighted by Gasteiger charge is 2.33. The van der Waals surface area contributed by atoms with Crippen LogP contribution in [0.25, 0.3) is 10.4 Å². The molecule has 1 atom stereocenters. The number of aliphatic hydroxyl groups is 1. The first-order valence-electron chi connectivity index (χ1n) is 11.8. The van der Waals surface area contributed by atoms with Gasteiger partial charge in [-0.2, -0.15) is 0 Å². The van der Waals surface area contributed by atoms with Gasteiger partial charge in [0.05, 0.1) is 16.9 Å². The summed E-state index contributed by atoms with van der Waals surface area (Å²) in [6, 6.07) is 9.82. The Bertz CT molecular complexity index is 1130. The number of aromatic nitrogens is 2. The lowest BCUT2D eigenvalue weighted by Crippen LogP contribution is -2.55. The highest BCUT2D eigenvalue weighted by molar-refractivity contribution is 7.13. The third-order valence-corrected chi connectivity index (χ3v) is 7.08. The van der Waals surface area contributed by atoms with Crippen molar-refractivity contribution in [1.29, 1.82) is 0 Å². The highest BCUT2D eigenvalue weighted by atomic mass is 32.1. The van der Waals surface area contributed by atoms with Crippen LogP contribution in [0.15, 0.2) is 48.1 Å². The van der Waals surface area contributed by atoms with Crippen molar-refractivity contribution in [2.75, 3.05) is 29.5 Å². The van der Waals surface area contributed by atoms with Gasteiger partial charge in [0.25, 0.3) is 5.91 Å². The average Bonchev–Trinajstić information content (AvgIpc) is 3.36. The maximum absolute atomic E-state index is 12.8. The Kier molecular flexibility index (Phi) is 7.66. The number of anilines is 3. The number of carbonyl (C=O) groups is 1. The molecule has 1 aliphatic rings.